The first kappa shape index (κ1) is 10.8. The minimum atomic E-state index is -0.916. The Balaban J connectivity index is 2.23. The summed E-state index contributed by atoms with van der Waals surface area (Å²) < 4.78 is 0. The average molecular weight is 230 g/mol. The van der Waals surface area contributed by atoms with Gasteiger partial charge in [-0.1, -0.05) is 0 Å². The van der Waals surface area contributed by atoms with Crippen molar-refractivity contribution in [3.8, 4) is 0 Å². The molecule has 3 atom stereocenters. The Morgan fingerprint density at radius 1 is 1.47 bits per heavy atom. The van der Waals surface area contributed by atoms with Gasteiger partial charge < -0.3 is 15.7 Å². The van der Waals surface area contributed by atoms with Crippen molar-refractivity contribution in [2.24, 2.45) is 5.73 Å². The quantitative estimate of drug-likeness (QED) is 0.654. The van der Waals surface area contributed by atoms with E-state index in [9.17, 15) is 9.59 Å². The molecule has 0 radical (unpaired) electrons. The highest BCUT2D eigenvalue weighted by Gasteiger charge is 2.43. The summed E-state index contributed by atoms with van der Waals surface area (Å²) in [5, 5.41) is 9.02. The first-order valence-corrected chi connectivity index (χ1v) is 6.08. The van der Waals surface area contributed by atoms with Crippen molar-refractivity contribution < 1.29 is 14.7 Å². The van der Waals surface area contributed by atoms with Crippen LogP contribution in [0.25, 0.3) is 0 Å². The molecule has 0 aliphatic carbocycles. The maximum Gasteiger partial charge on any atom is 0.326 e. The molecule has 2 heterocycles. The van der Waals surface area contributed by atoms with Crippen LogP contribution in [-0.2, 0) is 9.59 Å². The monoisotopic (exact) mass is 230 g/mol. The van der Waals surface area contributed by atoms with Crippen molar-refractivity contribution in [2.75, 3.05) is 5.75 Å². The van der Waals surface area contributed by atoms with Crippen molar-refractivity contribution >= 4 is 23.6 Å². The predicted molar refractivity (Wildman–Crippen MR) is 56.3 cm³/mol. The van der Waals surface area contributed by atoms with Gasteiger partial charge in [-0.15, -0.1) is 11.8 Å². The first-order chi connectivity index (χ1) is 7.11. The minimum Gasteiger partial charge on any atom is -0.480 e. The van der Waals surface area contributed by atoms with Gasteiger partial charge in [-0.25, -0.2) is 4.79 Å². The normalized spacial score (nSPS) is 36.2. The summed E-state index contributed by atoms with van der Waals surface area (Å²) in [4.78, 5) is 24.3. The van der Waals surface area contributed by atoms with Crippen molar-refractivity contribution in [3.05, 3.63) is 0 Å². The number of nitrogens with zero attached hydrogens (tertiary/aromatic N) is 1. The van der Waals surface area contributed by atoms with Gasteiger partial charge in [0.1, 0.15) is 6.04 Å². The number of carboxylic acid groups (broad SMARTS) is 1. The van der Waals surface area contributed by atoms with E-state index in [0.29, 0.717) is 12.8 Å². The lowest BCUT2D eigenvalue weighted by Gasteiger charge is -2.27. The smallest absolute Gasteiger partial charge is 0.326 e. The van der Waals surface area contributed by atoms with E-state index in [1.54, 1.807) is 11.8 Å². The van der Waals surface area contributed by atoms with Crippen molar-refractivity contribution in [3.63, 3.8) is 0 Å². The van der Waals surface area contributed by atoms with E-state index in [-0.39, 0.29) is 11.3 Å². The van der Waals surface area contributed by atoms with E-state index >= 15 is 0 Å². The SMILES string of the molecule is N[C@H]1CCS[C@H]2CC[C@@H](C(=O)O)N2C1=O. The summed E-state index contributed by atoms with van der Waals surface area (Å²) in [5.74, 6) is -0.282. The first-order valence-electron chi connectivity index (χ1n) is 5.03. The predicted octanol–water partition coefficient (Wildman–Crippen LogP) is -0.148. The van der Waals surface area contributed by atoms with Gasteiger partial charge in [0.2, 0.25) is 5.91 Å². The van der Waals surface area contributed by atoms with Gasteiger partial charge in [0, 0.05) is 0 Å². The molecule has 0 saturated carbocycles. The van der Waals surface area contributed by atoms with Crippen molar-refractivity contribution in [1.82, 2.24) is 4.90 Å². The third-order valence-electron chi connectivity index (χ3n) is 2.93. The summed E-state index contributed by atoms with van der Waals surface area (Å²) in [6.07, 6.45) is 1.95. The van der Waals surface area contributed by atoms with E-state index in [1.807, 2.05) is 0 Å². The van der Waals surface area contributed by atoms with Crippen molar-refractivity contribution in [2.45, 2.75) is 36.7 Å². The average Bonchev–Trinajstić information content (AvgIpc) is 2.55. The number of amides is 1. The lowest BCUT2D eigenvalue weighted by atomic mass is 10.2. The largest absolute Gasteiger partial charge is 0.480 e. The Morgan fingerprint density at radius 2 is 2.20 bits per heavy atom. The Morgan fingerprint density at radius 3 is 2.87 bits per heavy atom. The Labute approximate surface area is 92.0 Å². The molecule has 2 aliphatic rings. The van der Waals surface area contributed by atoms with Gasteiger partial charge in [0.15, 0.2) is 0 Å². The highest BCUT2D eigenvalue weighted by molar-refractivity contribution is 7.99. The number of carbonyl (C=O) groups is 2. The molecule has 0 unspecified atom stereocenters. The maximum absolute atomic E-state index is 11.9. The highest BCUT2D eigenvalue weighted by atomic mass is 32.2. The topological polar surface area (TPSA) is 83.6 Å². The molecule has 0 aromatic heterocycles. The van der Waals surface area contributed by atoms with Gasteiger partial charge in [0.25, 0.3) is 0 Å². The zero-order chi connectivity index (χ0) is 11.0. The molecule has 2 saturated heterocycles. The third-order valence-corrected chi connectivity index (χ3v) is 4.25. The molecule has 0 aromatic rings. The molecule has 2 fully saturated rings. The van der Waals surface area contributed by atoms with E-state index in [2.05, 4.69) is 0 Å². The van der Waals surface area contributed by atoms with E-state index in [4.69, 9.17) is 10.8 Å². The van der Waals surface area contributed by atoms with Crippen LogP contribution in [-0.4, -0.2) is 45.1 Å². The van der Waals surface area contributed by atoms with Crippen LogP contribution in [0.4, 0.5) is 0 Å². The molecule has 6 heteroatoms. The number of thioether (sulfide) groups is 1. The summed E-state index contributed by atoms with van der Waals surface area (Å²) in [5.41, 5.74) is 5.70. The third kappa shape index (κ3) is 1.83. The number of carbonyl (C=O) groups excluding carboxylic acids is 1. The Bertz CT molecular complexity index is 297. The number of nitrogens with two attached hydrogens (primary N) is 1. The Hall–Kier alpha value is -0.750. The summed E-state index contributed by atoms with van der Waals surface area (Å²) in [7, 11) is 0. The molecule has 0 bridgehead atoms. The lowest BCUT2D eigenvalue weighted by molar-refractivity contribution is -0.149. The zero-order valence-corrected chi connectivity index (χ0v) is 9.07. The summed E-state index contributed by atoms with van der Waals surface area (Å²) in [6.45, 7) is 0. The van der Waals surface area contributed by atoms with E-state index in [1.165, 1.54) is 4.90 Å². The van der Waals surface area contributed by atoms with Crippen LogP contribution in [0.3, 0.4) is 0 Å². The second-order valence-electron chi connectivity index (χ2n) is 3.90. The Kier molecular flexibility index (Phi) is 2.88. The minimum absolute atomic E-state index is 0.0205. The molecule has 0 aromatic carbocycles. The molecular weight excluding hydrogens is 216 g/mol. The molecule has 2 aliphatic heterocycles. The van der Waals surface area contributed by atoms with Gasteiger partial charge in [-0.3, -0.25) is 4.79 Å². The van der Waals surface area contributed by atoms with Gasteiger partial charge >= 0.3 is 5.97 Å². The fourth-order valence-electron chi connectivity index (χ4n) is 2.13. The van der Waals surface area contributed by atoms with Gasteiger partial charge in [-0.05, 0) is 25.0 Å². The maximum atomic E-state index is 11.9. The van der Waals surface area contributed by atoms with Crippen LogP contribution in [0.15, 0.2) is 0 Å². The van der Waals surface area contributed by atoms with Crippen molar-refractivity contribution in [1.29, 1.82) is 0 Å². The highest BCUT2D eigenvalue weighted by Crippen LogP contribution is 2.35. The number of aliphatic carboxylic acids is 1. The number of hydrogen-bond acceptors (Lipinski definition) is 4. The molecule has 15 heavy (non-hydrogen) atoms. The van der Waals surface area contributed by atoms with Crippen LogP contribution in [0.1, 0.15) is 19.3 Å². The summed E-state index contributed by atoms with van der Waals surface area (Å²) in [6, 6.07) is -1.19. The van der Waals surface area contributed by atoms with Crippen LogP contribution in [0.2, 0.25) is 0 Å². The number of hydrogen-bond donors (Lipinski definition) is 2. The second kappa shape index (κ2) is 4.02. The van der Waals surface area contributed by atoms with Gasteiger partial charge in [0.05, 0.1) is 11.4 Å². The molecule has 84 valence electrons. The van der Waals surface area contributed by atoms with E-state index in [0.717, 1.165) is 12.2 Å². The van der Waals surface area contributed by atoms with Gasteiger partial charge in [-0.2, -0.15) is 0 Å². The standard InChI is InChI=1S/C9H14N2O3S/c10-5-3-4-15-7-2-1-6(9(13)14)11(7)8(5)12/h5-7H,1-4,10H2,(H,13,14)/t5-,6-,7-/m0/s1. The number of rotatable bonds is 1. The second-order valence-corrected chi connectivity index (χ2v) is 5.18. The molecule has 2 rings (SSSR count). The lowest BCUT2D eigenvalue weighted by Crippen LogP contribution is -2.49. The number of fused-ring (bicyclic) bond motifs is 1. The van der Waals surface area contributed by atoms with E-state index < -0.39 is 18.1 Å². The van der Waals surface area contributed by atoms with Crippen LogP contribution >= 0.6 is 11.8 Å². The summed E-state index contributed by atoms with van der Waals surface area (Å²) >= 11 is 1.65. The molecule has 5 nitrogen and oxygen atoms in total. The molecule has 3 N–H and O–H groups in total. The fraction of sp³-hybridized carbons (Fsp3) is 0.778. The zero-order valence-electron chi connectivity index (χ0n) is 8.26. The molecule has 0 spiro atoms. The fourth-order valence-corrected chi connectivity index (χ4v) is 3.50. The number of carboxylic acids is 1. The van der Waals surface area contributed by atoms with Crippen LogP contribution in [0.5, 0.6) is 0 Å². The molecule has 1 amide bonds. The van der Waals surface area contributed by atoms with Crippen LogP contribution < -0.4 is 5.73 Å². The van der Waals surface area contributed by atoms with Crippen LogP contribution in [0, 0.1) is 0 Å². The molecular formula is C9H14N2O3S.